The van der Waals surface area contributed by atoms with Gasteiger partial charge in [0.05, 0.1) is 6.04 Å². The number of amides is 3. The van der Waals surface area contributed by atoms with Crippen molar-refractivity contribution < 1.29 is 14.4 Å². The molecule has 5 nitrogen and oxygen atoms in total. The third-order valence-corrected chi connectivity index (χ3v) is 3.86. The molecule has 118 valence electrons. The van der Waals surface area contributed by atoms with Gasteiger partial charge in [-0.2, -0.15) is 0 Å². The van der Waals surface area contributed by atoms with Crippen LogP contribution in [0.3, 0.4) is 0 Å². The molecule has 2 rings (SSSR count). The SMILES string of the molecule is CC(C)C(NC(=O)CCN1C(=O)CCC1=O)c1ccccc1. The van der Waals surface area contributed by atoms with E-state index in [-0.39, 0.29) is 55.5 Å². The number of carbonyl (C=O) groups excluding carboxylic acids is 3. The zero-order chi connectivity index (χ0) is 16.1. The zero-order valence-electron chi connectivity index (χ0n) is 13.0. The van der Waals surface area contributed by atoms with Crippen molar-refractivity contribution in [2.75, 3.05) is 6.54 Å². The van der Waals surface area contributed by atoms with Gasteiger partial charge < -0.3 is 5.32 Å². The van der Waals surface area contributed by atoms with Crippen LogP contribution in [0.5, 0.6) is 0 Å². The van der Waals surface area contributed by atoms with Gasteiger partial charge >= 0.3 is 0 Å². The molecule has 1 heterocycles. The molecule has 3 amide bonds. The number of carbonyl (C=O) groups is 3. The average molecular weight is 302 g/mol. The van der Waals surface area contributed by atoms with Crippen LogP contribution in [0.4, 0.5) is 0 Å². The minimum Gasteiger partial charge on any atom is -0.349 e. The Morgan fingerprint density at radius 3 is 2.27 bits per heavy atom. The van der Waals surface area contributed by atoms with E-state index in [2.05, 4.69) is 5.32 Å². The fourth-order valence-corrected chi connectivity index (χ4v) is 2.63. The Balaban J connectivity index is 1.92. The first-order chi connectivity index (χ1) is 10.5. The first-order valence-corrected chi connectivity index (χ1v) is 7.66. The summed E-state index contributed by atoms with van der Waals surface area (Å²) in [4.78, 5) is 36.4. The van der Waals surface area contributed by atoms with Gasteiger partial charge in [-0.3, -0.25) is 19.3 Å². The van der Waals surface area contributed by atoms with Gasteiger partial charge in [0.1, 0.15) is 0 Å². The van der Waals surface area contributed by atoms with Gasteiger partial charge in [0.25, 0.3) is 0 Å². The maximum absolute atomic E-state index is 12.1. The lowest BCUT2D eigenvalue weighted by molar-refractivity contribution is -0.138. The molecule has 1 aliphatic heterocycles. The van der Waals surface area contributed by atoms with E-state index >= 15 is 0 Å². The molecule has 0 aromatic heterocycles. The Morgan fingerprint density at radius 2 is 1.73 bits per heavy atom. The summed E-state index contributed by atoms with van der Waals surface area (Å²) in [5.41, 5.74) is 1.05. The number of imide groups is 1. The lowest BCUT2D eigenvalue weighted by Gasteiger charge is -2.23. The number of nitrogens with one attached hydrogen (secondary N) is 1. The molecular formula is C17H22N2O3. The van der Waals surface area contributed by atoms with Crippen molar-refractivity contribution in [2.24, 2.45) is 5.92 Å². The molecular weight excluding hydrogens is 280 g/mol. The van der Waals surface area contributed by atoms with Crippen LogP contribution in [-0.4, -0.2) is 29.2 Å². The summed E-state index contributed by atoms with van der Waals surface area (Å²) in [6.07, 6.45) is 0.672. The van der Waals surface area contributed by atoms with Gasteiger partial charge in [-0.1, -0.05) is 44.2 Å². The Morgan fingerprint density at radius 1 is 1.14 bits per heavy atom. The number of nitrogens with zero attached hydrogens (tertiary/aromatic N) is 1. The molecule has 1 unspecified atom stereocenters. The molecule has 1 aromatic carbocycles. The van der Waals surface area contributed by atoms with Gasteiger partial charge in [0.15, 0.2) is 0 Å². The first-order valence-electron chi connectivity index (χ1n) is 7.66. The minimum atomic E-state index is -0.179. The minimum absolute atomic E-state index is 0.0707. The zero-order valence-corrected chi connectivity index (χ0v) is 13.0. The molecule has 0 aliphatic carbocycles. The number of hydrogen-bond acceptors (Lipinski definition) is 3. The molecule has 1 aromatic rings. The lowest BCUT2D eigenvalue weighted by Crippen LogP contribution is -2.36. The van der Waals surface area contributed by atoms with Gasteiger partial charge in [0, 0.05) is 25.8 Å². The fourth-order valence-electron chi connectivity index (χ4n) is 2.63. The van der Waals surface area contributed by atoms with Crippen molar-refractivity contribution >= 4 is 17.7 Å². The van der Waals surface area contributed by atoms with Gasteiger partial charge in [0.2, 0.25) is 17.7 Å². The highest BCUT2D eigenvalue weighted by molar-refractivity contribution is 6.02. The maximum atomic E-state index is 12.1. The number of likely N-dealkylation sites (tertiary alicyclic amines) is 1. The van der Waals surface area contributed by atoms with E-state index < -0.39 is 0 Å². The van der Waals surface area contributed by atoms with Crippen LogP contribution in [0.15, 0.2) is 30.3 Å². The topological polar surface area (TPSA) is 66.5 Å². The number of hydrogen-bond donors (Lipinski definition) is 1. The van der Waals surface area contributed by atoms with Gasteiger partial charge in [-0.25, -0.2) is 0 Å². The quantitative estimate of drug-likeness (QED) is 0.818. The molecule has 1 N–H and O–H groups in total. The van der Waals surface area contributed by atoms with Crippen LogP contribution in [0.2, 0.25) is 0 Å². The second-order valence-corrected chi connectivity index (χ2v) is 5.89. The summed E-state index contributed by atoms with van der Waals surface area (Å²) >= 11 is 0. The highest BCUT2D eigenvalue weighted by Crippen LogP contribution is 2.21. The molecule has 0 bridgehead atoms. The Bertz CT molecular complexity index is 538. The summed E-state index contributed by atoms with van der Waals surface area (Å²) in [7, 11) is 0. The molecule has 1 atom stereocenters. The van der Waals surface area contributed by atoms with Gasteiger partial charge in [-0.05, 0) is 11.5 Å². The van der Waals surface area contributed by atoms with E-state index in [0.29, 0.717) is 0 Å². The summed E-state index contributed by atoms with van der Waals surface area (Å²) in [6.45, 7) is 4.26. The number of rotatable bonds is 6. The third kappa shape index (κ3) is 3.93. The summed E-state index contributed by atoms with van der Waals surface area (Å²) in [6, 6.07) is 9.72. The molecule has 1 fully saturated rings. The summed E-state index contributed by atoms with van der Waals surface area (Å²) < 4.78 is 0. The summed E-state index contributed by atoms with van der Waals surface area (Å²) in [5, 5.41) is 3.00. The Hall–Kier alpha value is -2.17. The smallest absolute Gasteiger partial charge is 0.229 e. The molecule has 0 spiro atoms. The Kier molecular flexibility index (Phi) is 5.31. The second-order valence-electron chi connectivity index (χ2n) is 5.89. The summed E-state index contributed by atoms with van der Waals surface area (Å²) in [5.74, 6) is -0.251. The standard InChI is InChI=1S/C17H22N2O3/c1-12(2)17(13-6-4-3-5-7-13)18-14(20)10-11-19-15(21)8-9-16(19)22/h3-7,12,17H,8-11H2,1-2H3,(H,18,20). The van der Waals surface area contributed by atoms with E-state index in [0.717, 1.165) is 5.56 Å². The van der Waals surface area contributed by atoms with Crippen LogP contribution >= 0.6 is 0 Å². The normalized spacial score (nSPS) is 16.2. The molecule has 1 aliphatic rings. The molecule has 0 saturated carbocycles. The molecule has 0 radical (unpaired) electrons. The predicted molar refractivity (Wildman–Crippen MR) is 82.7 cm³/mol. The fraction of sp³-hybridized carbons (Fsp3) is 0.471. The highest BCUT2D eigenvalue weighted by Gasteiger charge is 2.29. The monoisotopic (exact) mass is 302 g/mol. The maximum Gasteiger partial charge on any atom is 0.229 e. The van der Waals surface area contributed by atoms with Crippen LogP contribution in [0.1, 0.15) is 44.7 Å². The van der Waals surface area contributed by atoms with E-state index in [1.807, 2.05) is 44.2 Å². The third-order valence-electron chi connectivity index (χ3n) is 3.86. The lowest BCUT2D eigenvalue weighted by atomic mass is 9.96. The van der Waals surface area contributed by atoms with Crippen LogP contribution in [0.25, 0.3) is 0 Å². The van der Waals surface area contributed by atoms with E-state index in [9.17, 15) is 14.4 Å². The Labute approximate surface area is 130 Å². The predicted octanol–water partition coefficient (Wildman–Crippen LogP) is 2.04. The number of benzene rings is 1. The van der Waals surface area contributed by atoms with Gasteiger partial charge in [-0.15, -0.1) is 0 Å². The van der Waals surface area contributed by atoms with Crippen molar-refractivity contribution in [3.05, 3.63) is 35.9 Å². The first kappa shape index (κ1) is 16.2. The highest BCUT2D eigenvalue weighted by atomic mass is 16.2. The van der Waals surface area contributed by atoms with Crippen LogP contribution in [0, 0.1) is 5.92 Å². The van der Waals surface area contributed by atoms with Crippen molar-refractivity contribution in [3.63, 3.8) is 0 Å². The molecule has 1 saturated heterocycles. The largest absolute Gasteiger partial charge is 0.349 e. The average Bonchev–Trinajstić information content (AvgIpc) is 2.82. The van der Waals surface area contributed by atoms with Crippen LogP contribution < -0.4 is 5.32 Å². The second kappa shape index (κ2) is 7.20. The van der Waals surface area contributed by atoms with E-state index in [1.165, 1.54) is 4.90 Å². The van der Waals surface area contributed by atoms with Crippen molar-refractivity contribution in [1.29, 1.82) is 0 Å². The van der Waals surface area contributed by atoms with Crippen molar-refractivity contribution in [1.82, 2.24) is 10.2 Å². The van der Waals surface area contributed by atoms with E-state index in [4.69, 9.17) is 0 Å². The van der Waals surface area contributed by atoms with Crippen molar-refractivity contribution in [2.45, 2.75) is 39.2 Å². The van der Waals surface area contributed by atoms with Crippen molar-refractivity contribution in [3.8, 4) is 0 Å². The molecule has 22 heavy (non-hydrogen) atoms. The van der Waals surface area contributed by atoms with E-state index in [1.54, 1.807) is 0 Å². The van der Waals surface area contributed by atoms with Crippen LogP contribution in [-0.2, 0) is 14.4 Å². The molecule has 5 heteroatoms.